The van der Waals surface area contributed by atoms with E-state index >= 15 is 0 Å². The smallest absolute Gasteiger partial charge is 0.336 e. The Morgan fingerprint density at radius 1 is 0.895 bits per heavy atom. The van der Waals surface area contributed by atoms with Crippen LogP contribution in [0.5, 0.6) is 0 Å². The van der Waals surface area contributed by atoms with Crippen LogP contribution >= 0.6 is 0 Å². The Bertz CT molecular complexity index is 1640. The molecule has 0 saturated heterocycles. The van der Waals surface area contributed by atoms with E-state index in [1.807, 2.05) is 24.3 Å². The van der Waals surface area contributed by atoms with Gasteiger partial charge in [0, 0.05) is 30.8 Å². The molecule has 0 aliphatic heterocycles. The summed E-state index contributed by atoms with van der Waals surface area (Å²) in [5, 5.41) is 9.59. The number of aromatic nitrogens is 4. The Kier molecular flexibility index (Phi) is 6.89. The van der Waals surface area contributed by atoms with Crippen molar-refractivity contribution in [2.45, 2.75) is 60.5 Å². The van der Waals surface area contributed by atoms with Crippen molar-refractivity contribution in [2.75, 3.05) is 0 Å². The first kappa shape index (κ1) is 25.5. The second-order valence-electron chi connectivity index (χ2n) is 9.92. The molecule has 0 unspecified atom stereocenters. The molecule has 0 amide bonds. The van der Waals surface area contributed by atoms with Crippen molar-refractivity contribution in [3.05, 3.63) is 94.6 Å². The maximum atomic E-state index is 11.7. The van der Waals surface area contributed by atoms with E-state index in [1.165, 1.54) is 5.69 Å². The van der Waals surface area contributed by atoms with Gasteiger partial charge in [0.05, 0.1) is 22.3 Å². The van der Waals surface area contributed by atoms with E-state index in [9.17, 15) is 9.90 Å². The third kappa shape index (κ3) is 4.51. The maximum Gasteiger partial charge on any atom is 0.336 e. The molecule has 1 N–H and O–H groups in total. The van der Waals surface area contributed by atoms with E-state index in [-0.39, 0.29) is 0 Å². The lowest BCUT2D eigenvalue weighted by molar-refractivity contribution is 0.0697. The van der Waals surface area contributed by atoms with Gasteiger partial charge in [0.25, 0.3) is 0 Å². The van der Waals surface area contributed by atoms with Crippen LogP contribution in [-0.4, -0.2) is 30.2 Å². The molecule has 3 aromatic carbocycles. The first-order chi connectivity index (χ1) is 18.3. The molecule has 5 aromatic rings. The highest BCUT2D eigenvalue weighted by Gasteiger charge is 2.18. The molecule has 0 radical (unpaired) electrons. The molecule has 5 rings (SSSR count). The molecule has 6 heteroatoms. The number of hydrogen-bond acceptors (Lipinski definition) is 3. The SMILES string of the molecule is CCCc1nc2c(C)cc(-c3nc(C)c(C)n3CC)cc2n1Cc1ccc(-c2ccccc2C(=O)O)cc1. The second kappa shape index (κ2) is 10.3. The number of aromatic carboxylic acids is 1. The molecular formula is C32H34N4O2. The van der Waals surface area contributed by atoms with Gasteiger partial charge < -0.3 is 14.2 Å². The number of imidazole rings is 2. The molecule has 2 aromatic heterocycles. The fourth-order valence-electron chi connectivity index (χ4n) is 5.32. The number of rotatable bonds is 8. The molecule has 0 fully saturated rings. The number of hydrogen-bond donors (Lipinski definition) is 1. The van der Waals surface area contributed by atoms with Crippen LogP contribution in [-0.2, 0) is 19.5 Å². The summed E-state index contributed by atoms with van der Waals surface area (Å²) in [6.07, 6.45) is 1.91. The van der Waals surface area contributed by atoms with E-state index in [0.29, 0.717) is 12.1 Å². The van der Waals surface area contributed by atoms with Gasteiger partial charge in [-0.3, -0.25) is 0 Å². The average molecular weight is 507 g/mol. The van der Waals surface area contributed by atoms with Crippen molar-refractivity contribution in [1.29, 1.82) is 0 Å². The van der Waals surface area contributed by atoms with Gasteiger partial charge in [-0.15, -0.1) is 0 Å². The molecule has 0 aliphatic carbocycles. The summed E-state index contributed by atoms with van der Waals surface area (Å²) in [6, 6.07) is 19.8. The molecule has 0 bridgehead atoms. The molecule has 0 spiro atoms. The lowest BCUT2D eigenvalue weighted by atomic mass is 9.98. The quantitative estimate of drug-likeness (QED) is 0.241. The first-order valence-corrected chi connectivity index (χ1v) is 13.3. The standard InChI is InChI=1S/C32H34N4O2/c1-6-10-29-34-30-20(3)17-25(31-33-21(4)22(5)35(31)7-2)18-28(30)36(29)19-23-13-15-24(16-14-23)26-11-8-9-12-27(26)32(37)38/h8-9,11-18H,6-7,10,19H2,1-5H3,(H,37,38). The number of carboxylic acid groups (broad SMARTS) is 1. The Balaban J connectivity index is 1.58. The Labute approximate surface area is 223 Å². The van der Waals surface area contributed by atoms with Crippen molar-refractivity contribution < 1.29 is 9.90 Å². The number of fused-ring (bicyclic) bond motifs is 1. The number of aryl methyl sites for hydroxylation is 3. The normalized spacial score (nSPS) is 11.4. The monoisotopic (exact) mass is 506 g/mol. The minimum Gasteiger partial charge on any atom is -0.478 e. The minimum absolute atomic E-state index is 0.310. The molecule has 0 atom stereocenters. The first-order valence-electron chi connectivity index (χ1n) is 13.3. The van der Waals surface area contributed by atoms with Crippen molar-refractivity contribution in [2.24, 2.45) is 0 Å². The van der Waals surface area contributed by atoms with Gasteiger partial charge in [-0.05, 0) is 74.6 Å². The molecule has 194 valence electrons. The molecule has 0 saturated carbocycles. The summed E-state index contributed by atoms with van der Waals surface area (Å²) >= 11 is 0. The summed E-state index contributed by atoms with van der Waals surface area (Å²) in [5.74, 6) is 1.16. The summed E-state index contributed by atoms with van der Waals surface area (Å²) < 4.78 is 4.60. The van der Waals surface area contributed by atoms with Gasteiger partial charge in [0.15, 0.2) is 0 Å². The van der Waals surface area contributed by atoms with Crippen molar-refractivity contribution in [3.63, 3.8) is 0 Å². The fraction of sp³-hybridized carbons (Fsp3) is 0.281. The maximum absolute atomic E-state index is 11.7. The average Bonchev–Trinajstić information content (AvgIpc) is 3.41. The van der Waals surface area contributed by atoms with E-state index < -0.39 is 5.97 Å². The zero-order valence-corrected chi connectivity index (χ0v) is 22.7. The molecule has 0 aliphatic rings. The van der Waals surface area contributed by atoms with Crippen LogP contribution in [0.2, 0.25) is 0 Å². The number of nitrogens with zero attached hydrogens (tertiary/aromatic N) is 4. The van der Waals surface area contributed by atoms with E-state index in [4.69, 9.17) is 9.97 Å². The Morgan fingerprint density at radius 3 is 2.32 bits per heavy atom. The zero-order chi connectivity index (χ0) is 27.0. The Morgan fingerprint density at radius 2 is 1.63 bits per heavy atom. The summed E-state index contributed by atoms with van der Waals surface area (Å²) in [6.45, 7) is 12.2. The van der Waals surface area contributed by atoms with Gasteiger partial charge in [-0.1, -0.05) is 49.4 Å². The Hall–Kier alpha value is -4.19. The van der Waals surface area contributed by atoms with Crippen LogP contribution in [0.15, 0.2) is 60.7 Å². The van der Waals surface area contributed by atoms with E-state index in [1.54, 1.807) is 12.1 Å². The topological polar surface area (TPSA) is 72.9 Å². The molecule has 2 heterocycles. The van der Waals surface area contributed by atoms with Gasteiger partial charge >= 0.3 is 5.97 Å². The van der Waals surface area contributed by atoms with Gasteiger partial charge in [-0.2, -0.15) is 0 Å². The third-order valence-electron chi connectivity index (χ3n) is 7.39. The molecular weight excluding hydrogens is 472 g/mol. The highest BCUT2D eigenvalue weighted by Crippen LogP contribution is 2.31. The minimum atomic E-state index is -0.918. The lowest BCUT2D eigenvalue weighted by Crippen LogP contribution is -2.06. The zero-order valence-electron chi connectivity index (χ0n) is 22.7. The summed E-state index contributed by atoms with van der Waals surface area (Å²) in [4.78, 5) is 21.7. The highest BCUT2D eigenvalue weighted by molar-refractivity contribution is 5.96. The summed E-state index contributed by atoms with van der Waals surface area (Å²) in [5.41, 5.74) is 9.74. The van der Waals surface area contributed by atoms with Gasteiger partial charge in [0.1, 0.15) is 11.6 Å². The lowest BCUT2D eigenvalue weighted by Gasteiger charge is -2.12. The van der Waals surface area contributed by atoms with E-state index in [2.05, 4.69) is 68.0 Å². The van der Waals surface area contributed by atoms with Crippen LogP contribution in [0.3, 0.4) is 0 Å². The van der Waals surface area contributed by atoms with Crippen LogP contribution in [0.4, 0.5) is 0 Å². The van der Waals surface area contributed by atoms with Crippen molar-refractivity contribution >= 4 is 17.0 Å². The third-order valence-corrected chi connectivity index (χ3v) is 7.39. The van der Waals surface area contributed by atoms with Crippen LogP contribution < -0.4 is 0 Å². The van der Waals surface area contributed by atoms with E-state index in [0.717, 1.165) is 75.6 Å². The number of carbonyl (C=O) groups is 1. The summed E-state index contributed by atoms with van der Waals surface area (Å²) in [7, 11) is 0. The number of carboxylic acids is 1. The van der Waals surface area contributed by atoms with Crippen LogP contribution in [0.25, 0.3) is 33.5 Å². The van der Waals surface area contributed by atoms with Crippen LogP contribution in [0.1, 0.15) is 59.0 Å². The predicted octanol–water partition coefficient (Wildman–Crippen LogP) is 7.21. The molecule has 6 nitrogen and oxygen atoms in total. The highest BCUT2D eigenvalue weighted by atomic mass is 16.4. The van der Waals surface area contributed by atoms with Gasteiger partial charge in [-0.25, -0.2) is 14.8 Å². The largest absolute Gasteiger partial charge is 0.478 e. The van der Waals surface area contributed by atoms with Gasteiger partial charge in [0.2, 0.25) is 0 Å². The molecule has 38 heavy (non-hydrogen) atoms. The van der Waals surface area contributed by atoms with Crippen molar-refractivity contribution in [3.8, 4) is 22.5 Å². The van der Waals surface area contributed by atoms with Crippen LogP contribution in [0, 0.1) is 20.8 Å². The predicted molar refractivity (Wildman–Crippen MR) is 153 cm³/mol. The number of benzene rings is 3. The fourth-order valence-corrected chi connectivity index (χ4v) is 5.32. The van der Waals surface area contributed by atoms with Crippen molar-refractivity contribution in [1.82, 2.24) is 19.1 Å². The second-order valence-corrected chi connectivity index (χ2v) is 9.92.